The number of benzene rings is 1. The van der Waals surface area contributed by atoms with Gasteiger partial charge >= 0.3 is 0 Å². The number of aromatic nitrogens is 2. The molecule has 1 aliphatic carbocycles. The van der Waals surface area contributed by atoms with Gasteiger partial charge in [0.25, 0.3) is 0 Å². The van der Waals surface area contributed by atoms with Gasteiger partial charge in [0.05, 0.1) is 25.6 Å². The van der Waals surface area contributed by atoms with Gasteiger partial charge in [-0.1, -0.05) is 48.0 Å². The van der Waals surface area contributed by atoms with E-state index in [1.54, 1.807) is 11.3 Å². The average molecular weight is 333 g/mol. The Morgan fingerprint density at radius 3 is 2.81 bits per heavy atom. The van der Waals surface area contributed by atoms with Gasteiger partial charge in [0.15, 0.2) is 0 Å². The van der Waals surface area contributed by atoms with E-state index in [-0.39, 0.29) is 5.92 Å². The third-order valence-electron chi connectivity index (χ3n) is 3.62. The standard InChI is InChI=1S/C16H10Cl2N2S/c17-11-8-4-7-10-13-15(21-14(10)11)12(19-16(18)20-13)9-5-2-1-3-6-9/h1-5,7-9H,6H2. The van der Waals surface area contributed by atoms with E-state index in [1.807, 2.05) is 18.2 Å². The van der Waals surface area contributed by atoms with E-state index in [4.69, 9.17) is 23.2 Å². The maximum Gasteiger partial charge on any atom is 0.223 e. The van der Waals surface area contributed by atoms with E-state index in [0.29, 0.717) is 5.28 Å². The van der Waals surface area contributed by atoms with E-state index < -0.39 is 0 Å². The number of hydrogen-bond acceptors (Lipinski definition) is 3. The van der Waals surface area contributed by atoms with Gasteiger partial charge in [0.1, 0.15) is 0 Å². The van der Waals surface area contributed by atoms with Crippen molar-refractivity contribution in [1.82, 2.24) is 9.97 Å². The zero-order valence-corrected chi connectivity index (χ0v) is 13.2. The molecule has 2 nitrogen and oxygen atoms in total. The van der Waals surface area contributed by atoms with Crippen LogP contribution < -0.4 is 0 Å². The second kappa shape index (κ2) is 5.09. The molecule has 5 heteroatoms. The fraction of sp³-hybridized carbons (Fsp3) is 0.125. The summed E-state index contributed by atoms with van der Waals surface area (Å²) in [6.45, 7) is 0. The normalized spacial score (nSPS) is 17.9. The Kier molecular flexibility index (Phi) is 3.21. The highest BCUT2D eigenvalue weighted by molar-refractivity contribution is 7.26. The maximum atomic E-state index is 6.31. The Labute approximate surface area is 135 Å². The third kappa shape index (κ3) is 2.16. The highest BCUT2D eigenvalue weighted by Gasteiger charge is 2.20. The van der Waals surface area contributed by atoms with Crippen molar-refractivity contribution in [2.45, 2.75) is 12.3 Å². The van der Waals surface area contributed by atoms with Crippen molar-refractivity contribution in [2.75, 3.05) is 0 Å². The number of nitrogens with zero attached hydrogens (tertiary/aromatic N) is 2. The van der Waals surface area contributed by atoms with Crippen LogP contribution >= 0.6 is 34.5 Å². The molecular weight excluding hydrogens is 323 g/mol. The summed E-state index contributed by atoms with van der Waals surface area (Å²) >= 11 is 14.1. The number of allylic oxidation sites excluding steroid dienone is 4. The highest BCUT2D eigenvalue weighted by Crippen LogP contribution is 2.41. The van der Waals surface area contributed by atoms with Gasteiger partial charge in [-0.05, 0) is 24.1 Å². The minimum atomic E-state index is 0.241. The van der Waals surface area contributed by atoms with Crippen LogP contribution in [0.15, 0.2) is 42.5 Å². The fourth-order valence-electron chi connectivity index (χ4n) is 2.66. The van der Waals surface area contributed by atoms with E-state index >= 15 is 0 Å². The van der Waals surface area contributed by atoms with Gasteiger partial charge in [-0.2, -0.15) is 0 Å². The van der Waals surface area contributed by atoms with Crippen LogP contribution in [-0.4, -0.2) is 9.97 Å². The summed E-state index contributed by atoms with van der Waals surface area (Å²) in [6.07, 6.45) is 9.34. The molecular formula is C16H10Cl2N2S. The Hall–Kier alpha value is -1.42. The van der Waals surface area contributed by atoms with Crippen molar-refractivity contribution in [3.05, 3.63) is 58.5 Å². The molecule has 0 saturated carbocycles. The molecule has 0 N–H and O–H groups in total. The van der Waals surface area contributed by atoms with Crippen LogP contribution in [0.5, 0.6) is 0 Å². The Bertz CT molecular complexity index is 911. The third-order valence-corrected chi connectivity index (χ3v) is 5.47. The maximum absolute atomic E-state index is 6.31. The molecule has 0 saturated heterocycles. The van der Waals surface area contributed by atoms with Crippen molar-refractivity contribution in [1.29, 1.82) is 0 Å². The molecule has 0 aliphatic heterocycles. The van der Waals surface area contributed by atoms with Gasteiger partial charge < -0.3 is 0 Å². The molecule has 0 amide bonds. The summed E-state index contributed by atoms with van der Waals surface area (Å²) in [5.41, 5.74) is 1.89. The minimum Gasteiger partial charge on any atom is -0.221 e. The Balaban J connectivity index is 2.07. The first-order valence-electron chi connectivity index (χ1n) is 6.61. The van der Waals surface area contributed by atoms with Crippen molar-refractivity contribution in [3.8, 4) is 0 Å². The number of rotatable bonds is 1. The van der Waals surface area contributed by atoms with Crippen LogP contribution in [0.2, 0.25) is 10.3 Å². The molecule has 1 unspecified atom stereocenters. The molecule has 0 bridgehead atoms. The molecule has 1 aliphatic rings. The molecule has 1 aromatic carbocycles. The van der Waals surface area contributed by atoms with Crippen LogP contribution in [0, 0.1) is 0 Å². The summed E-state index contributed by atoms with van der Waals surface area (Å²) in [6, 6.07) is 5.87. The van der Waals surface area contributed by atoms with E-state index in [2.05, 4.69) is 34.3 Å². The molecule has 21 heavy (non-hydrogen) atoms. The minimum absolute atomic E-state index is 0.241. The second-order valence-electron chi connectivity index (χ2n) is 4.93. The molecule has 3 aromatic rings. The predicted molar refractivity (Wildman–Crippen MR) is 90.6 cm³/mol. The van der Waals surface area contributed by atoms with Crippen molar-refractivity contribution in [2.24, 2.45) is 0 Å². The molecule has 0 radical (unpaired) electrons. The van der Waals surface area contributed by atoms with Crippen molar-refractivity contribution < 1.29 is 0 Å². The molecule has 0 fully saturated rings. The van der Waals surface area contributed by atoms with E-state index in [9.17, 15) is 0 Å². The van der Waals surface area contributed by atoms with Gasteiger partial charge in [0.2, 0.25) is 5.28 Å². The van der Waals surface area contributed by atoms with Crippen molar-refractivity contribution >= 4 is 54.8 Å². The first-order chi connectivity index (χ1) is 10.2. The summed E-state index contributed by atoms with van der Waals surface area (Å²) in [5.74, 6) is 0.241. The number of fused-ring (bicyclic) bond motifs is 3. The first kappa shape index (κ1) is 13.3. The summed E-state index contributed by atoms with van der Waals surface area (Å²) in [4.78, 5) is 8.91. The molecule has 1 atom stereocenters. The lowest BCUT2D eigenvalue weighted by atomic mass is 9.96. The van der Waals surface area contributed by atoms with Crippen molar-refractivity contribution in [3.63, 3.8) is 0 Å². The lowest BCUT2D eigenvalue weighted by molar-refractivity contribution is 0.823. The SMILES string of the molecule is Clc1nc(C2C=CC=CC2)c2sc3c(Cl)cccc3c2n1. The summed E-state index contributed by atoms with van der Waals surface area (Å²) < 4.78 is 2.12. The monoisotopic (exact) mass is 332 g/mol. The van der Waals surface area contributed by atoms with E-state index in [1.165, 1.54) is 0 Å². The molecule has 0 spiro atoms. The molecule has 2 aromatic heterocycles. The predicted octanol–water partition coefficient (Wildman–Crippen LogP) is 5.75. The number of hydrogen-bond donors (Lipinski definition) is 0. The second-order valence-corrected chi connectivity index (χ2v) is 6.70. The first-order valence-corrected chi connectivity index (χ1v) is 8.19. The molecule has 2 heterocycles. The van der Waals surface area contributed by atoms with Crippen LogP contribution in [0.3, 0.4) is 0 Å². The summed E-state index contributed by atoms with van der Waals surface area (Å²) in [7, 11) is 0. The average Bonchev–Trinajstić information content (AvgIpc) is 2.88. The van der Waals surface area contributed by atoms with Crippen LogP contribution in [0.1, 0.15) is 18.0 Å². The lowest BCUT2D eigenvalue weighted by Gasteiger charge is -2.13. The Morgan fingerprint density at radius 2 is 2.00 bits per heavy atom. The van der Waals surface area contributed by atoms with Crippen LogP contribution in [0.25, 0.3) is 20.3 Å². The number of halogens is 2. The quantitative estimate of drug-likeness (QED) is 0.530. The van der Waals surface area contributed by atoms with Crippen LogP contribution in [-0.2, 0) is 0 Å². The smallest absolute Gasteiger partial charge is 0.221 e. The van der Waals surface area contributed by atoms with Gasteiger partial charge in [-0.15, -0.1) is 11.3 Å². The van der Waals surface area contributed by atoms with Gasteiger partial charge in [-0.3, -0.25) is 0 Å². The van der Waals surface area contributed by atoms with Crippen LogP contribution in [0.4, 0.5) is 0 Å². The lowest BCUT2D eigenvalue weighted by Crippen LogP contribution is -2.01. The fourth-order valence-corrected chi connectivity index (χ4v) is 4.32. The summed E-state index contributed by atoms with van der Waals surface area (Å²) in [5, 5.41) is 2.08. The largest absolute Gasteiger partial charge is 0.223 e. The van der Waals surface area contributed by atoms with E-state index in [0.717, 1.165) is 37.4 Å². The van der Waals surface area contributed by atoms with Gasteiger partial charge in [-0.25, -0.2) is 9.97 Å². The molecule has 104 valence electrons. The van der Waals surface area contributed by atoms with Gasteiger partial charge in [0, 0.05) is 11.3 Å². The highest BCUT2D eigenvalue weighted by atomic mass is 35.5. The zero-order chi connectivity index (χ0) is 14.4. The topological polar surface area (TPSA) is 25.8 Å². The molecule has 4 rings (SSSR count). The number of thiophene rings is 1. The zero-order valence-electron chi connectivity index (χ0n) is 10.9. The Morgan fingerprint density at radius 1 is 1.10 bits per heavy atom.